The van der Waals surface area contributed by atoms with Crippen molar-refractivity contribution in [1.82, 2.24) is 10.3 Å². The van der Waals surface area contributed by atoms with Crippen LogP contribution in [0.15, 0.2) is 53.9 Å². The summed E-state index contributed by atoms with van der Waals surface area (Å²) in [6, 6.07) is 12.9. The van der Waals surface area contributed by atoms with Gasteiger partial charge in [-0.15, -0.1) is 11.3 Å². The number of nitrogens with one attached hydrogen (secondary N) is 1. The SMILES string of the molecule is Cc1ccc(-c2nc(CCNC(=O)COc3ccccc3C(F)(F)F)cs2)cc1. The van der Waals surface area contributed by atoms with E-state index < -0.39 is 24.3 Å². The van der Waals surface area contributed by atoms with Gasteiger partial charge in [0, 0.05) is 23.9 Å². The van der Waals surface area contributed by atoms with Crippen LogP contribution in [-0.4, -0.2) is 24.0 Å². The zero-order valence-corrected chi connectivity index (χ0v) is 16.4. The van der Waals surface area contributed by atoms with E-state index in [-0.39, 0.29) is 5.75 Å². The number of carbonyl (C=O) groups is 1. The van der Waals surface area contributed by atoms with Crippen LogP contribution in [-0.2, 0) is 17.4 Å². The first-order chi connectivity index (χ1) is 13.8. The molecule has 0 fully saturated rings. The lowest BCUT2D eigenvalue weighted by atomic mass is 10.2. The van der Waals surface area contributed by atoms with Crippen molar-refractivity contribution in [1.29, 1.82) is 0 Å². The first kappa shape index (κ1) is 20.9. The Morgan fingerprint density at radius 2 is 1.86 bits per heavy atom. The predicted molar refractivity (Wildman–Crippen MR) is 106 cm³/mol. The summed E-state index contributed by atoms with van der Waals surface area (Å²) in [4.78, 5) is 16.4. The van der Waals surface area contributed by atoms with Crippen LogP contribution in [0, 0.1) is 6.92 Å². The molecule has 3 aromatic rings. The van der Waals surface area contributed by atoms with Crippen LogP contribution in [0.2, 0.25) is 0 Å². The summed E-state index contributed by atoms with van der Waals surface area (Å²) in [6.07, 6.45) is -4.01. The van der Waals surface area contributed by atoms with Crippen molar-refractivity contribution < 1.29 is 22.7 Å². The lowest BCUT2D eigenvalue weighted by Gasteiger charge is -2.13. The van der Waals surface area contributed by atoms with Crippen molar-refractivity contribution in [2.45, 2.75) is 19.5 Å². The van der Waals surface area contributed by atoms with Crippen LogP contribution < -0.4 is 10.1 Å². The average Bonchev–Trinajstić information content (AvgIpc) is 3.15. The number of para-hydroxylation sites is 1. The quantitative estimate of drug-likeness (QED) is 0.593. The van der Waals surface area contributed by atoms with Crippen LogP contribution in [0.25, 0.3) is 10.6 Å². The van der Waals surface area contributed by atoms with E-state index in [0.717, 1.165) is 22.3 Å². The Morgan fingerprint density at radius 1 is 1.14 bits per heavy atom. The van der Waals surface area contributed by atoms with Gasteiger partial charge in [-0.2, -0.15) is 13.2 Å². The molecule has 0 atom stereocenters. The zero-order valence-electron chi connectivity index (χ0n) is 15.6. The van der Waals surface area contributed by atoms with Crippen molar-refractivity contribution in [2.24, 2.45) is 0 Å². The average molecular weight is 420 g/mol. The number of amides is 1. The number of ether oxygens (including phenoxy) is 1. The standard InChI is InChI=1S/C21H19F3N2O2S/c1-14-6-8-15(9-7-14)20-26-16(13-29-20)10-11-25-19(27)12-28-18-5-3-2-4-17(18)21(22,23)24/h2-9,13H,10-12H2,1H3,(H,25,27). The van der Waals surface area contributed by atoms with E-state index in [1.165, 1.54) is 35.1 Å². The maximum absolute atomic E-state index is 12.9. The monoisotopic (exact) mass is 420 g/mol. The third-order valence-electron chi connectivity index (χ3n) is 4.10. The number of hydrogen-bond acceptors (Lipinski definition) is 4. The molecule has 1 N–H and O–H groups in total. The Kier molecular flexibility index (Phi) is 6.53. The van der Waals surface area contributed by atoms with Crippen LogP contribution in [0.5, 0.6) is 5.75 Å². The molecule has 1 aromatic heterocycles. The highest BCUT2D eigenvalue weighted by molar-refractivity contribution is 7.13. The van der Waals surface area contributed by atoms with Crippen molar-refractivity contribution in [3.8, 4) is 16.3 Å². The molecule has 0 unspecified atom stereocenters. The fourth-order valence-corrected chi connectivity index (χ4v) is 3.46. The van der Waals surface area contributed by atoms with E-state index in [4.69, 9.17) is 4.74 Å². The minimum Gasteiger partial charge on any atom is -0.483 e. The van der Waals surface area contributed by atoms with Gasteiger partial charge < -0.3 is 10.1 Å². The topological polar surface area (TPSA) is 51.2 Å². The van der Waals surface area contributed by atoms with Gasteiger partial charge in [0.05, 0.1) is 11.3 Å². The fourth-order valence-electron chi connectivity index (χ4n) is 2.60. The van der Waals surface area contributed by atoms with Crippen LogP contribution in [0.1, 0.15) is 16.8 Å². The molecule has 3 rings (SSSR count). The van der Waals surface area contributed by atoms with Crippen LogP contribution >= 0.6 is 11.3 Å². The highest BCUT2D eigenvalue weighted by Gasteiger charge is 2.34. The van der Waals surface area contributed by atoms with E-state index in [1.54, 1.807) is 0 Å². The van der Waals surface area contributed by atoms with E-state index in [9.17, 15) is 18.0 Å². The molecule has 0 radical (unpaired) electrons. The Morgan fingerprint density at radius 3 is 2.59 bits per heavy atom. The number of rotatable bonds is 7. The molecule has 0 saturated heterocycles. The molecule has 1 amide bonds. The highest BCUT2D eigenvalue weighted by atomic mass is 32.1. The molecule has 0 saturated carbocycles. The lowest BCUT2D eigenvalue weighted by molar-refractivity contribution is -0.139. The third-order valence-corrected chi connectivity index (χ3v) is 5.04. The molecule has 152 valence electrons. The van der Waals surface area contributed by atoms with Crippen LogP contribution in [0.3, 0.4) is 0 Å². The van der Waals surface area contributed by atoms with Crippen molar-refractivity contribution in [3.63, 3.8) is 0 Å². The summed E-state index contributed by atoms with van der Waals surface area (Å²) in [5.74, 6) is -0.853. The van der Waals surface area contributed by atoms with Gasteiger partial charge in [-0.1, -0.05) is 42.0 Å². The van der Waals surface area contributed by atoms with E-state index in [2.05, 4.69) is 10.3 Å². The van der Waals surface area contributed by atoms with E-state index >= 15 is 0 Å². The summed E-state index contributed by atoms with van der Waals surface area (Å²) in [5, 5.41) is 5.46. The van der Waals surface area contributed by atoms with E-state index in [0.29, 0.717) is 13.0 Å². The molecule has 0 aliphatic carbocycles. The van der Waals surface area contributed by atoms with Gasteiger partial charge in [-0.05, 0) is 19.1 Å². The molecule has 0 spiro atoms. The summed E-state index contributed by atoms with van der Waals surface area (Å²) in [6.45, 7) is 1.85. The van der Waals surface area contributed by atoms with Crippen molar-refractivity contribution in [2.75, 3.05) is 13.2 Å². The third kappa shape index (κ3) is 5.80. The largest absolute Gasteiger partial charge is 0.483 e. The Hall–Kier alpha value is -2.87. The smallest absolute Gasteiger partial charge is 0.419 e. The molecular weight excluding hydrogens is 401 g/mol. The lowest BCUT2D eigenvalue weighted by Crippen LogP contribution is -2.31. The molecule has 2 aromatic carbocycles. The number of halogens is 3. The first-order valence-electron chi connectivity index (χ1n) is 8.90. The molecule has 0 aliphatic rings. The Bertz CT molecular complexity index is 969. The van der Waals surface area contributed by atoms with Gasteiger partial charge >= 0.3 is 6.18 Å². The number of hydrogen-bond donors (Lipinski definition) is 1. The zero-order chi connectivity index (χ0) is 20.9. The molecule has 0 aliphatic heterocycles. The number of benzene rings is 2. The maximum atomic E-state index is 12.9. The second kappa shape index (κ2) is 9.09. The number of thiazole rings is 1. The van der Waals surface area contributed by atoms with Gasteiger partial charge in [-0.3, -0.25) is 4.79 Å². The molecule has 1 heterocycles. The number of carbonyl (C=O) groups excluding carboxylic acids is 1. The summed E-state index contributed by atoms with van der Waals surface area (Å²) in [5.41, 5.74) is 2.15. The van der Waals surface area contributed by atoms with Gasteiger partial charge in [0.1, 0.15) is 10.8 Å². The Balaban J connectivity index is 1.47. The molecule has 29 heavy (non-hydrogen) atoms. The van der Waals surface area contributed by atoms with Crippen LogP contribution in [0.4, 0.5) is 13.2 Å². The van der Waals surface area contributed by atoms with Crippen molar-refractivity contribution >= 4 is 17.2 Å². The van der Waals surface area contributed by atoms with Gasteiger partial charge in [0.15, 0.2) is 6.61 Å². The summed E-state index contributed by atoms with van der Waals surface area (Å²) >= 11 is 1.52. The minimum atomic E-state index is -4.53. The first-order valence-corrected chi connectivity index (χ1v) is 9.78. The molecular formula is C21H19F3N2O2S. The van der Waals surface area contributed by atoms with Gasteiger partial charge in [-0.25, -0.2) is 4.98 Å². The van der Waals surface area contributed by atoms with Gasteiger partial charge in [0.2, 0.25) is 0 Å². The Labute approximate surface area is 170 Å². The van der Waals surface area contributed by atoms with Gasteiger partial charge in [0.25, 0.3) is 5.91 Å². The summed E-state index contributed by atoms with van der Waals surface area (Å²) < 4.78 is 43.8. The highest BCUT2D eigenvalue weighted by Crippen LogP contribution is 2.35. The number of alkyl halides is 3. The number of aromatic nitrogens is 1. The second-order valence-electron chi connectivity index (χ2n) is 6.39. The molecule has 4 nitrogen and oxygen atoms in total. The molecule has 0 bridgehead atoms. The van der Waals surface area contributed by atoms with Crippen molar-refractivity contribution in [3.05, 3.63) is 70.7 Å². The number of aryl methyl sites for hydroxylation is 1. The molecule has 8 heteroatoms. The fraction of sp³-hybridized carbons (Fsp3) is 0.238. The normalized spacial score (nSPS) is 11.3. The maximum Gasteiger partial charge on any atom is 0.419 e. The van der Waals surface area contributed by atoms with E-state index in [1.807, 2.05) is 36.6 Å². The second-order valence-corrected chi connectivity index (χ2v) is 7.25. The number of nitrogens with zero attached hydrogens (tertiary/aromatic N) is 1. The summed E-state index contributed by atoms with van der Waals surface area (Å²) in [7, 11) is 0. The minimum absolute atomic E-state index is 0.320. The predicted octanol–water partition coefficient (Wildman–Crippen LogP) is 4.88.